The van der Waals surface area contributed by atoms with Gasteiger partial charge in [-0.25, -0.2) is 4.79 Å². The van der Waals surface area contributed by atoms with Gasteiger partial charge in [0.25, 0.3) is 0 Å². The van der Waals surface area contributed by atoms with Crippen molar-refractivity contribution in [3.8, 4) is 0 Å². The summed E-state index contributed by atoms with van der Waals surface area (Å²) in [5.74, 6) is -2.04. The molecule has 0 spiro atoms. The average molecular weight is 381 g/mol. The van der Waals surface area contributed by atoms with Crippen molar-refractivity contribution in [1.29, 1.82) is 0 Å². The largest absolute Gasteiger partial charge is 0.479 e. The molecule has 1 unspecified atom stereocenters. The zero-order valence-corrected chi connectivity index (χ0v) is 13.8. The van der Waals surface area contributed by atoms with Gasteiger partial charge in [-0.3, -0.25) is 4.79 Å². The number of amides is 1. The fourth-order valence-electron chi connectivity index (χ4n) is 2.92. The number of aliphatic hydroxyl groups is 5. The number of aliphatic hydroxyl groups excluding tert-OH is 5. The number of carboxylic acid groups (broad SMARTS) is 1. The Balaban J connectivity index is 2.21. The summed E-state index contributed by atoms with van der Waals surface area (Å²) in [5, 5.41) is 60.1. The maximum atomic E-state index is 11.3. The van der Waals surface area contributed by atoms with E-state index in [9.17, 15) is 40.2 Å². The Hall–Kier alpha value is -1.38. The van der Waals surface area contributed by atoms with Crippen LogP contribution in [0.2, 0.25) is 0 Å². The third-order valence-corrected chi connectivity index (χ3v) is 4.23. The van der Waals surface area contributed by atoms with E-state index in [-0.39, 0.29) is 6.42 Å². The first-order valence-corrected chi connectivity index (χ1v) is 7.95. The van der Waals surface area contributed by atoms with Crippen LogP contribution in [0.5, 0.6) is 0 Å². The van der Waals surface area contributed by atoms with E-state index < -0.39 is 73.7 Å². The van der Waals surface area contributed by atoms with Gasteiger partial charge in [-0.15, -0.1) is 0 Å². The Bertz CT molecular complexity index is 517. The molecule has 7 N–H and O–H groups in total. The molecule has 2 rings (SSSR count). The number of hydrogen-bond donors (Lipinski definition) is 7. The van der Waals surface area contributed by atoms with E-state index in [1.807, 2.05) is 0 Å². The van der Waals surface area contributed by atoms with Crippen molar-refractivity contribution >= 4 is 11.9 Å². The molecule has 0 aromatic heterocycles. The van der Waals surface area contributed by atoms with Crippen molar-refractivity contribution in [3.63, 3.8) is 0 Å². The fourth-order valence-corrected chi connectivity index (χ4v) is 2.92. The van der Waals surface area contributed by atoms with E-state index in [4.69, 9.17) is 14.2 Å². The van der Waals surface area contributed by atoms with Crippen molar-refractivity contribution in [2.24, 2.45) is 0 Å². The Morgan fingerprint density at radius 1 is 1.15 bits per heavy atom. The first-order valence-electron chi connectivity index (χ1n) is 7.95. The molecule has 12 heteroatoms. The quantitative estimate of drug-likeness (QED) is 0.244. The van der Waals surface area contributed by atoms with Crippen molar-refractivity contribution in [2.45, 2.75) is 68.6 Å². The third-order valence-electron chi connectivity index (χ3n) is 4.23. The van der Waals surface area contributed by atoms with Crippen LogP contribution in [0.3, 0.4) is 0 Å². The van der Waals surface area contributed by atoms with Crippen LogP contribution >= 0.6 is 0 Å². The van der Waals surface area contributed by atoms with Gasteiger partial charge in [-0.05, 0) is 0 Å². The number of nitrogens with one attached hydrogen (secondary N) is 1. The summed E-state index contributed by atoms with van der Waals surface area (Å²) in [7, 11) is 0. The van der Waals surface area contributed by atoms with E-state index in [0.29, 0.717) is 0 Å². The highest BCUT2D eigenvalue weighted by atomic mass is 16.7. The first-order chi connectivity index (χ1) is 12.1. The first kappa shape index (κ1) is 20.9. The average Bonchev–Trinajstić information content (AvgIpc) is 2.56. The van der Waals surface area contributed by atoms with Gasteiger partial charge in [0, 0.05) is 13.3 Å². The van der Waals surface area contributed by atoms with Crippen molar-refractivity contribution in [2.75, 3.05) is 6.61 Å². The summed E-state index contributed by atoms with van der Waals surface area (Å²) in [4.78, 5) is 22.7. The van der Waals surface area contributed by atoms with E-state index in [1.54, 1.807) is 0 Å². The van der Waals surface area contributed by atoms with Crippen LogP contribution < -0.4 is 5.32 Å². The summed E-state index contributed by atoms with van der Waals surface area (Å²) in [6.45, 7) is 0.640. The van der Waals surface area contributed by atoms with Crippen LogP contribution in [0.15, 0.2) is 0 Å². The minimum Gasteiger partial charge on any atom is -0.479 e. The van der Waals surface area contributed by atoms with Gasteiger partial charge in [-0.1, -0.05) is 0 Å². The number of carbonyl (C=O) groups excluding carboxylic acids is 1. The highest BCUT2D eigenvalue weighted by Gasteiger charge is 2.50. The zero-order valence-electron chi connectivity index (χ0n) is 13.8. The molecule has 0 aliphatic carbocycles. The smallest absolute Gasteiger partial charge is 0.335 e. The second-order valence-corrected chi connectivity index (χ2v) is 6.20. The lowest BCUT2D eigenvalue weighted by atomic mass is 9.97. The third kappa shape index (κ3) is 4.47. The molecule has 0 bridgehead atoms. The van der Waals surface area contributed by atoms with Crippen LogP contribution in [0.25, 0.3) is 0 Å². The number of ether oxygens (including phenoxy) is 3. The van der Waals surface area contributed by atoms with E-state index in [1.165, 1.54) is 6.92 Å². The number of rotatable bonds is 5. The molecule has 9 atom stereocenters. The number of carboxylic acids is 1. The molecule has 150 valence electrons. The lowest BCUT2D eigenvalue weighted by molar-refractivity contribution is -0.327. The van der Waals surface area contributed by atoms with Crippen LogP contribution in [0, 0.1) is 0 Å². The van der Waals surface area contributed by atoms with Crippen LogP contribution in [0.4, 0.5) is 0 Å². The topological polar surface area (TPSA) is 195 Å². The maximum absolute atomic E-state index is 11.3. The van der Waals surface area contributed by atoms with Crippen LogP contribution in [-0.4, -0.2) is 104 Å². The van der Waals surface area contributed by atoms with Gasteiger partial charge >= 0.3 is 5.97 Å². The van der Waals surface area contributed by atoms with Gasteiger partial charge < -0.3 is 50.2 Å². The van der Waals surface area contributed by atoms with Gasteiger partial charge in [-0.2, -0.15) is 0 Å². The molecule has 26 heavy (non-hydrogen) atoms. The molecule has 2 saturated heterocycles. The van der Waals surface area contributed by atoms with Gasteiger partial charge in [0.15, 0.2) is 18.7 Å². The molecule has 12 nitrogen and oxygen atoms in total. The second kappa shape index (κ2) is 8.54. The summed E-state index contributed by atoms with van der Waals surface area (Å²) in [5.41, 5.74) is 0. The monoisotopic (exact) mass is 381 g/mol. The Kier molecular flexibility index (Phi) is 6.87. The summed E-state index contributed by atoms with van der Waals surface area (Å²) in [6, 6.07) is -0.920. The van der Waals surface area contributed by atoms with E-state index >= 15 is 0 Å². The Labute approximate surface area is 147 Å². The van der Waals surface area contributed by atoms with E-state index in [0.717, 1.165) is 0 Å². The molecule has 2 aliphatic heterocycles. The van der Waals surface area contributed by atoms with Gasteiger partial charge in [0.1, 0.15) is 24.4 Å². The van der Waals surface area contributed by atoms with Crippen molar-refractivity contribution < 1.29 is 54.4 Å². The molecular formula is C14H23NO11. The van der Waals surface area contributed by atoms with Gasteiger partial charge in [0.05, 0.1) is 18.8 Å². The standard InChI is InChI=1S/C14H23NO11/c1-4(17)15-5-2-6(18)7(3-16)24-14(5)26-10-8(19)9(20)13(23)25-11(10)12(21)22/h5-11,13-14,16,18-20,23H,2-3H2,1H3,(H,15,17)(H,21,22)/t5-,6+,7-,8-,9-,10+,11+,13-,14?/m1/s1. The molecule has 0 radical (unpaired) electrons. The Morgan fingerprint density at radius 3 is 2.35 bits per heavy atom. The second-order valence-electron chi connectivity index (χ2n) is 6.20. The predicted octanol–water partition coefficient (Wildman–Crippen LogP) is -4.13. The minimum atomic E-state index is -1.93. The number of hydrogen-bond acceptors (Lipinski definition) is 10. The normalized spacial score (nSPS) is 43.7. The molecule has 0 aromatic carbocycles. The van der Waals surface area contributed by atoms with Gasteiger partial charge in [0.2, 0.25) is 5.91 Å². The number of aliphatic carboxylic acids is 1. The van der Waals surface area contributed by atoms with E-state index in [2.05, 4.69) is 5.32 Å². The number of carbonyl (C=O) groups is 2. The predicted molar refractivity (Wildman–Crippen MR) is 79.4 cm³/mol. The lowest BCUT2D eigenvalue weighted by Gasteiger charge is -2.44. The maximum Gasteiger partial charge on any atom is 0.335 e. The summed E-state index contributed by atoms with van der Waals surface area (Å²) >= 11 is 0. The lowest BCUT2D eigenvalue weighted by Crippen LogP contribution is -2.64. The van der Waals surface area contributed by atoms with Crippen LogP contribution in [0.1, 0.15) is 13.3 Å². The molecule has 0 saturated carbocycles. The fraction of sp³-hybridized carbons (Fsp3) is 0.857. The molecule has 2 aliphatic rings. The SMILES string of the molecule is CC(=O)N[C@@H]1C[C@H](O)[C@@H](CO)OC1O[C@H]1[C@H](O)[C@@H](O)[C@H](O)O[C@@H]1C(=O)O. The molecule has 1 amide bonds. The van der Waals surface area contributed by atoms with Crippen LogP contribution in [-0.2, 0) is 23.8 Å². The van der Waals surface area contributed by atoms with Crippen molar-refractivity contribution in [1.82, 2.24) is 5.32 Å². The summed E-state index contributed by atoms with van der Waals surface area (Å²) in [6.07, 6.45) is -12.7. The van der Waals surface area contributed by atoms with Crippen molar-refractivity contribution in [3.05, 3.63) is 0 Å². The minimum absolute atomic E-state index is 0.0674. The Morgan fingerprint density at radius 2 is 1.81 bits per heavy atom. The molecule has 0 aromatic rings. The highest BCUT2D eigenvalue weighted by Crippen LogP contribution is 2.28. The summed E-state index contributed by atoms with van der Waals surface area (Å²) < 4.78 is 15.6. The molecular weight excluding hydrogens is 358 g/mol. The highest BCUT2D eigenvalue weighted by molar-refractivity contribution is 5.74. The molecule has 2 heterocycles. The molecule has 2 fully saturated rings. The zero-order chi connectivity index (χ0) is 19.6.